The number of carbonyl (C=O) groups is 1. The van der Waals surface area contributed by atoms with Crippen molar-refractivity contribution in [2.24, 2.45) is 56.7 Å². The minimum atomic E-state index is -0.459. The summed E-state index contributed by atoms with van der Waals surface area (Å²) in [6.07, 6.45) is 7.21. The number of fused-ring (bicyclic) bond motifs is 7. The van der Waals surface area contributed by atoms with E-state index in [0.717, 1.165) is 38.5 Å². The van der Waals surface area contributed by atoms with Crippen molar-refractivity contribution in [2.75, 3.05) is 6.61 Å². The Balaban J connectivity index is 1.61. The average molecular weight is 517 g/mol. The Morgan fingerprint density at radius 1 is 1.00 bits per heavy atom. The van der Waals surface area contributed by atoms with E-state index in [9.17, 15) is 20.1 Å². The highest BCUT2D eigenvalue weighted by Gasteiger charge is 2.72. The van der Waals surface area contributed by atoms with Crippen LogP contribution in [-0.2, 0) is 9.53 Å². The summed E-state index contributed by atoms with van der Waals surface area (Å²) < 4.78 is 5.78. The molecule has 0 heterocycles. The third kappa shape index (κ3) is 3.48. The number of aliphatic hydroxyl groups is 3. The lowest BCUT2D eigenvalue weighted by atomic mass is 9.35. The molecule has 5 aliphatic carbocycles. The van der Waals surface area contributed by atoms with Gasteiger partial charge in [0.25, 0.3) is 0 Å². The Kier molecular flexibility index (Phi) is 6.38. The lowest BCUT2D eigenvalue weighted by molar-refractivity contribution is -0.215. The lowest BCUT2D eigenvalue weighted by Crippen LogP contribution is -2.66. The maximum atomic E-state index is 12.0. The molecule has 0 radical (unpaired) electrons. The van der Waals surface area contributed by atoms with Gasteiger partial charge < -0.3 is 20.1 Å². The molecule has 4 saturated carbocycles. The van der Waals surface area contributed by atoms with Crippen molar-refractivity contribution in [2.45, 2.75) is 119 Å². The van der Waals surface area contributed by atoms with Gasteiger partial charge in [-0.05, 0) is 84.4 Å². The normalized spacial score (nSPS) is 52.4. The van der Waals surface area contributed by atoms with Crippen molar-refractivity contribution in [1.29, 1.82) is 0 Å². The summed E-state index contributed by atoms with van der Waals surface area (Å²) in [6.45, 7) is 17.9. The van der Waals surface area contributed by atoms with Crippen LogP contribution in [0.25, 0.3) is 0 Å². The average Bonchev–Trinajstić information content (AvgIpc) is 3.11. The molecule has 0 aromatic heterocycles. The third-order valence-electron chi connectivity index (χ3n) is 13.4. The van der Waals surface area contributed by atoms with Gasteiger partial charge in [0.05, 0.1) is 24.9 Å². The number of hydrogen-bond donors (Lipinski definition) is 3. The molecule has 11 atom stereocenters. The fourth-order valence-corrected chi connectivity index (χ4v) is 11.4. The van der Waals surface area contributed by atoms with E-state index in [0.29, 0.717) is 24.9 Å². The van der Waals surface area contributed by atoms with Gasteiger partial charge in [0.15, 0.2) is 0 Å². The molecule has 0 aromatic carbocycles. The van der Waals surface area contributed by atoms with Crippen LogP contribution in [0.5, 0.6) is 0 Å². The van der Waals surface area contributed by atoms with Gasteiger partial charge in [-0.3, -0.25) is 4.79 Å². The first-order valence-electron chi connectivity index (χ1n) is 14.9. The molecule has 5 heteroatoms. The zero-order valence-corrected chi connectivity index (χ0v) is 24.5. The molecular formula is C32H52O5. The van der Waals surface area contributed by atoms with Crippen LogP contribution in [0.2, 0.25) is 0 Å². The van der Waals surface area contributed by atoms with Crippen LogP contribution < -0.4 is 0 Å². The minimum Gasteiger partial charge on any atom is -0.465 e. The Bertz CT molecular complexity index is 970. The maximum absolute atomic E-state index is 12.0. The summed E-state index contributed by atoms with van der Waals surface area (Å²) in [4.78, 5) is 12.0. The highest BCUT2D eigenvalue weighted by atomic mass is 16.5. The first kappa shape index (κ1) is 27.6. The molecule has 5 aliphatic rings. The molecule has 4 fully saturated rings. The largest absolute Gasteiger partial charge is 0.465 e. The second-order valence-corrected chi connectivity index (χ2v) is 15.5. The van der Waals surface area contributed by atoms with Gasteiger partial charge in [-0.25, -0.2) is 0 Å². The van der Waals surface area contributed by atoms with E-state index in [2.05, 4.69) is 54.5 Å². The Hall–Kier alpha value is -0.910. The van der Waals surface area contributed by atoms with Gasteiger partial charge in [0.1, 0.15) is 0 Å². The molecule has 3 N–H and O–H groups in total. The zero-order chi connectivity index (χ0) is 27.3. The number of aliphatic hydroxyl groups excluding tert-OH is 3. The SMILES string of the molecule is CC(=O)OC[C@@]12CC[C@@]3(C)C4C(=CC[C@]3(C)C1[C@H](O)C[C@H]2C(C)C)[C@@]1(C)CC[C@H](O)C(C)(C)C1C[C@@H]4O. The van der Waals surface area contributed by atoms with E-state index < -0.39 is 12.2 Å². The van der Waals surface area contributed by atoms with E-state index in [1.807, 2.05) is 0 Å². The van der Waals surface area contributed by atoms with Crippen LogP contribution in [0.1, 0.15) is 100 Å². The molecule has 0 bridgehead atoms. The monoisotopic (exact) mass is 516 g/mol. The summed E-state index contributed by atoms with van der Waals surface area (Å²) in [5.41, 5.74) is 0.536. The van der Waals surface area contributed by atoms with Crippen LogP contribution in [-0.4, -0.2) is 46.2 Å². The summed E-state index contributed by atoms with van der Waals surface area (Å²) in [7, 11) is 0. The van der Waals surface area contributed by atoms with Gasteiger partial charge in [-0.1, -0.05) is 60.1 Å². The highest BCUT2D eigenvalue weighted by molar-refractivity contribution is 5.66. The van der Waals surface area contributed by atoms with Gasteiger partial charge in [0.2, 0.25) is 0 Å². The van der Waals surface area contributed by atoms with Crippen LogP contribution >= 0.6 is 0 Å². The second kappa shape index (κ2) is 8.54. The first-order chi connectivity index (χ1) is 17.1. The molecule has 0 amide bonds. The molecular weight excluding hydrogens is 464 g/mol. The van der Waals surface area contributed by atoms with Crippen LogP contribution in [0.15, 0.2) is 11.6 Å². The fourth-order valence-electron chi connectivity index (χ4n) is 11.4. The summed E-state index contributed by atoms with van der Waals surface area (Å²) in [5.74, 6) is 0.765. The van der Waals surface area contributed by atoms with Crippen LogP contribution in [0.4, 0.5) is 0 Å². The fraction of sp³-hybridized carbons (Fsp3) is 0.906. The Labute approximate surface area is 224 Å². The predicted molar refractivity (Wildman–Crippen MR) is 144 cm³/mol. The third-order valence-corrected chi connectivity index (χ3v) is 13.4. The smallest absolute Gasteiger partial charge is 0.302 e. The molecule has 37 heavy (non-hydrogen) atoms. The predicted octanol–water partition coefficient (Wildman–Crippen LogP) is 5.51. The highest BCUT2D eigenvalue weighted by Crippen LogP contribution is 2.76. The zero-order valence-electron chi connectivity index (χ0n) is 24.5. The summed E-state index contributed by atoms with van der Waals surface area (Å²) >= 11 is 0. The quantitative estimate of drug-likeness (QED) is 0.340. The molecule has 0 spiro atoms. The molecule has 210 valence electrons. The van der Waals surface area contributed by atoms with E-state index >= 15 is 0 Å². The van der Waals surface area contributed by atoms with Gasteiger partial charge in [-0.2, -0.15) is 0 Å². The number of ether oxygens (including phenoxy) is 1. The number of hydrogen-bond acceptors (Lipinski definition) is 5. The van der Waals surface area contributed by atoms with Gasteiger partial charge >= 0.3 is 5.97 Å². The molecule has 0 saturated heterocycles. The van der Waals surface area contributed by atoms with Crippen LogP contribution in [0, 0.1) is 56.7 Å². The Morgan fingerprint density at radius 3 is 2.30 bits per heavy atom. The topological polar surface area (TPSA) is 87.0 Å². The first-order valence-corrected chi connectivity index (χ1v) is 14.9. The standard InChI is InChI=1S/C32H52O5/c1-18(2)21-15-23(35)27-31(8)12-9-20-26(30(31,7)13-14-32(21,27)17-37-19(3)33)22(34)16-24-28(4,5)25(36)10-11-29(20,24)6/h9,18,21-27,34-36H,10-17H2,1-8H3/t21-,22-,23+,24?,25-,26?,27?,29+,30-,31+,32+/m0/s1. The van der Waals surface area contributed by atoms with E-state index in [1.54, 1.807) is 0 Å². The van der Waals surface area contributed by atoms with Crippen molar-refractivity contribution in [3.05, 3.63) is 11.6 Å². The van der Waals surface area contributed by atoms with Gasteiger partial charge in [0, 0.05) is 24.2 Å². The number of carbonyl (C=O) groups excluding carboxylic acids is 1. The molecule has 5 rings (SSSR count). The summed E-state index contributed by atoms with van der Waals surface area (Å²) in [6, 6.07) is 0. The lowest BCUT2D eigenvalue weighted by Gasteiger charge is -2.70. The van der Waals surface area contributed by atoms with E-state index in [-0.39, 0.29) is 56.9 Å². The van der Waals surface area contributed by atoms with Crippen molar-refractivity contribution in [3.8, 4) is 0 Å². The molecule has 0 aliphatic heterocycles. The molecule has 5 nitrogen and oxygen atoms in total. The van der Waals surface area contributed by atoms with E-state index in [1.165, 1.54) is 12.5 Å². The van der Waals surface area contributed by atoms with Crippen molar-refractivity contribution >= 4 is 5.97 Å². The maximum Gasteiger partial charge on any atom is 0.302 e. The minimum absolute atomic E-state index is 0.0191. The van der Waals surface area contributed by atoms with Crippen LogP contribution in [0.3, 0.4) is 0 Å². The summed E-state index contributed by atoms with van der Waals surface area (Å²) in [5, 5.41) is 34.6. The van der Waals surface area contributed by atoms with Crippen molar-refractivity contribution < 1.29 is 24.9 Å². The van der Waals surface area contributed by atoms with Crippen molar-refractivity contribution in [1.82, 2.24) is 0 Å². The molecule has 3 unspecified atom stereocenters. The number of esters is 1. The number of allylic oxidation sites excluding steroid dienone is 1. The van der Waals surface area contributed by atoms with Crippen molar-refractivity contribution in [3.63, 3.8) is 0 Å². The second-order valence-electron chi connectivity index (χ2n) is 15.5. The molecule has 0 aromatic rings. The van der Waals surface area contributed by atoms with E-state index in [4.69, 9.17) is 4.74 Å². The van der Waals surface area contributed by atoms with Gasteiger partial charge in [-0.15, -0.1) is 0 Å². The number of rotatable bonds is 3. The Morgan fingerprint density at radius 2 is 1.68 bits per heavy atom.